The van der Waals surface area contributed by atoms with Crippen molar-refractivity contribution in [2.45, 2.75) is 20.8 Å². The second kappa shape index (κ2) is 4.60. The number of nitrogens with one attached hydrogen (secondary N) is 1. The van der Waals surface area contributed by atoms with Crippen LogP contribution in [0.15, 0.2) is 10.6 Å². The molecule has 15 heavy (non-hydrogen) atoms. The number of aromatic nitrogens is 1. The second-order valence-electron chi connectivity index (χ2n) is 3.67. The lowest BCUT2D eigenvalue weighted by atomic mass is 9.97. The van der Waals surface area contributed by atoms with E-state index in [0.717, 1.165) is 0 Å². The molecule has 1 rings (SSSR count). The molecular formula is C10H13N3O2. The highest BCUT2D eigenvalue weighted by molar-refractivity contribution is 5.93. The molecule has 0 spiro atoms. The maximum absolute atomic E-state index is 11.6. The number of rotatable bonds is 3. The summed E-state index contributed by atoms with van der Waals surface area (Å²) in [6, 6.07) is 3.56. The van der Waals surface area contributed by atoms with Crippen LogP contribution in [0.2, 0.25) is 0 Å². The van der Waals surface area contributed by atoms with Crippen molar-refractivity contribution in [1.82, 2.24) is 5.16 Å². The van der Waals surface area contributed by atoms with Crippen molar-refractivity contribution < 1.29 is 9.32 Å². The molecule has 0 saturated heterocycles. The Bertz CT molecular complexity index is 390. The Morgan fingerprint density at radius 2 is 2.33 bits per heavy atom. The first-order valence-corrected chi connectivity index (χ1v) is 4.68. The van der Waals surface area contributed by atoms with Gasteiger partial charge in [-0.2, -0.15) is 5.26 Å². The largest absolute Gasteiger partial charge is 0.338 e. The van der Waals surface area contributed by atoms with E-state index in [2.05, 4.69) is 10.5 Å². The van der Waals surface area contributed by atoms with Crippen LogP contribution in [0.5, 0.6) is 0 Å². The van der Waals surface area contributed by atoms with Crippen LogP contribution in [-0.2, 0) is 4.79 Å². The van der Waals surface area contributed by atoms with E-state index in [1.165, 1.54) is 0 Å². The van der Waals surface area contributed by atoms with Gasteiger partial charge in [0.1, 0.15) is 5.92 Å². The van der Waals surface area contributed by atoms with E-state index in [4.69, 9.17) is 9.78 Å². The van der Waals surface area contributed by atoms with Gasteiger partial charge >= 0.3 is 0 Å². The van der Waals surface area contributed by atoms with Crippen molar-refractivity contribution in [2.75, 3.05) is 5.32 Å². The highest BCUT2D eigenvalue weighted by atomic mass is 16.5. The Kier molecular flexibility index (Phi) is 3.45. The minimum absolute atomic E-state index is 0.0287. The predicted octanol–water partition coefficient (Wildman–Crippen LogP) is 1.72. The van der Waals surface area contributed by atoms with E-state index in [-0.39, 0.29) is 17.7 Å². The fourth-order valence-corrected chi connectivity index (χ4v) is 1.13. The van der Waals surface area contributed by atoms with E-state index in [1.807, 2.05) is 19.9 Å². The van der Waals surface area contributed by atoms with Crippen molar-refractivity contribution in [3.63, 3.8) is 0 Å². The van der Waals surface area contributed by atoms with Crippen molar-refractivity contribution in [2.24, 2.45) is 11.8 Å². The number of anilines is 1. The van der Waals surface area contributed by atoms with Gasteiger partial charge in [0.25, 0.3) is 0 Å². The Hall–Kier alpha value is -1.83. The third-order valence-corrected chi connectivity index (χ3v) is 1.96. The first-order valence-electron chi connectivity index (χ1n) is 4.68. The molecule has 1 amide bonds. The standard InChI is InChI=1S/C10H13N3O2/c1-6(2)8(5-11)10(14)12-9-4-7(3)13-15-9/h4,6,8H,1-3H3,(H,12,14). The summed E-state index contributed by atoms with van der Waals surface area (Å²) >= 11 is 0. The zero-order chi connectivity index (χ0) is 11.4. The van der Waals surface area contributed by atoms with Crippen LogP contribution >= 0.6 is 0 Å². The summed E-state index contributed by atoms with van der Waals surface area (Å²) in [5, 5.41) is 14.9. The van der Waals surface area contributed by atoms with Crippen LogP contribution in [0.3, 0.4) is 0 Å². The van der Waals surface area contributed by atoms with Gasteiger partial charge in [-0.15, -0.1) is 0 Å². The lowest BCUT2D eigenvalue weighted by Gasteiger charge is -2.10. The average Bonchev–Trinajstić information content (AvgIpc) is 2.51. The minimum Gasteiger partial charge on any atom is -0.338 e. The zero-order valence-corrected chi connectivity index (χ0v) is 8.94. The third kappa shape index (κ3) is 2.81. The maximum Gasteiger partial charge on any atom is 0.244 e. The number of amides is 1. The first kappa shape index (κ1) is 11.2. The smallest absolute Gasteiger partial charge is 0.244 e. The zero-order valence-electron chi connectivity index (χ0n) is 8.94. The highest BCUT2D eigenvalue weighted by Crippen LogP contribution is 2.14. The normalized spacial score (nSPS) is 12.2. The van der Waals surface area contributed by atoms with E-state index in [9.17, 15) is 4.79 Å². The molecule has 80 valence electrons. The summed E-state index contributed by atoms with van der Waals surface area (Å²) in [6.45, 7) is 5.39. The molecule has 0 bridgehead atoms. The molecule has 5 heteroatoms. The van der Waals surface area contributed by atoms with Gasteiger partial charge in [0.15, 0.2) is 0 Å². The molecule has 1 atom stereocenters. The summed E-state index contributed by atoms with van der Waals surface area (Å²) in [6.07, 6.45) is 0. The summed E-state index contributed by atoms with van der Waals surface area (Å²) in [7, 11) is 0. The number of carbonyl (C=O) groups is 1. The average molecular weight is 207 g/mol. The summed E-state index contributed by atoms with van der Waals surface area (Å²) in [4.78, 5) is 11.6. The van der Waals surface area contributed by atoms with Gasteiger partial charge in [-0.25, -0.2) is 0 Å². The lowest BCUT2D eigenvalue weighted by Crippen LogP contribution is -2.25. The number of nitriles is 1. The molecule has 0 aliphatic carbocycles. The molecule has 1 N–H and O–H groups in total. The van der Waals surface area contributed by atoms with E-state index >= 15 is 0 Å². The SMILES string of the molecule is Cc1cc(NC(=O)C(C#N)C(C)C)on1. The first-order chi connectivity index (χ1) is 7.04. The van der Waals surface area contributed by atoms with Gasteiger partial charge in [0.05, 0.1) is 11.8 Å². The maximum atomic E-state index is 11.6. The van der Waals surface area contributed by atoms with Crippen molar-refractivity contribution in [3.8, 4) is 6.07 Å². The second-order valence-corrected chi connectivity index (χ2v) is 3.67. The molecule has 0 radical (unpaired) electrons. The van der Waals surface area contributed by atoms with E-state index in [1.54, 1.807) is 13.0 Å². The van der Waals surface area contributed by atoms with Crippen LogP contribution in [0.25, 0.3) is 0 Å². The molecule has 0 aromatic carbocycles. The topological polar surface area (TPSA) is 78.9 Å². The van der Waals surface area contributed by atoms with Crippen LogP contribution in [0, 0.1) is 30.1 Å². The number of hydrogen-bond donors (Lipinski definition) is 1. The quantitative estimate of drug-likeness (QED) is 0.818. The lowest BCUT2D eigenvalue weighted by molar-refractivity contribution is -0.119. The van der Waals surface area contributed by atoms with Gasteiger partial charge in [-0.05, 0) is 12.8 Å². The Morgan fingerprint density at radius 1 is 1.67 bits per heavy atom. The number of hydrogen-bond acceptors (Lipinski definition) is 4. The molecule has 0 aliphatic rings. The molecule has 0 aliphatic heterocycles. The van der Waals surface area contributed by atoms with Gasteiger partial charge < -0.3 is 4.52 Å². The van der Waals surface area contributed by atoms with E-state index in [0.29, 0.717) is 5.69 Å². The van der Waals surface area contributed by atoms with Crippen LogP contribution in [0.4, 0.5) is 5.88 Å². The number of nitrogens with zero attached hydrogens (tertiary/aromatic N) is 2. The fourth-order valence-electron chi connectivity index (χ4n) is 1.13. The predicted molar refractivity (Wildman–Crippen MR) is 53.8 cm³/mol. The fraction of sp³-hybridized carbons (Fsp3) is 0.500. The van der Waals surface area contributed by atoms with Crippen molar-refractivity contribution >= 4 is 11.8 Å². The van der Waals surface area contributed by atoms with Gasteiger partial charge in [0, 0.05) is 6.07 Å². The third-order valence-electron chi connectivity index (χ3n) is 1.96. The molecule has 0 fully saturated rings. The van der Waals surface area contributed by atoms with Gasteiger partial charge in [-0.3, -0.25) is 10.1 Å². The minimum atomic E-state index is -0.671. The molecular weight excluding hydrogens is 194 g/mol. The molecule has 1 aromatic rings. The molecule has 1 aromatic heterocycles. The van der Waals surface area contributed by atoms with Gasteiger partial charge in [-0.1, -0.05) is 19.0 Å². The summed E-state index contributed by atoms with van der Waals surface area (Å²) < 4.78 is 4.82. The summed E-state index contributed by atoms with van der Waals surface area (Å²) in [5.74, 6) is -0.781. The van der Waals surface area contributed by atoms with E-state index < -0.39 is 5.92 Å². The van der Waals surface area contributed by atoms with Crippen molar-refractivity contribution in [3.05, 3.63) is 11.8 Å². The number of aryl methyl sites for hydroxylation is 1. The molecule has 1 unspecified atom stereocenters. The Morgan fingerprint density at radius 3 is 2.73 bits per heavy atom. The Balaban J connectivity index is 2.67. The molecule has 1 heterocycles. The van der Waals surface area contributed by atoms with Crippen LogP contribution in [0.1, 0.15) is 19.5 Å². The van der Waals surface area contributed by atoms with Gasteiger partial charge in [0.2, 0.25) is 11.8 Å². The van der Waals surface area contributed by atoms with Crippen LogP contribution in [-0.4, -0.2) is 11.1 Å². The van der Waals surface area contributed by atoms with Crippen molar-refractivity contribution in [1.29, 1.82) is 5.26 Å². The monoisotopic (exact) mass is 207 g/mol. The summed E-state index contributed by atoms with van der Waals surface area (Å²) in [5.41, 5.74) is 0.684. The highest BCUT2D eigenvalue weighted by Gasteiger charge is 2.22. The Labute approximate surface area is 88.1 Å². The van der Waals surface area contributed by atoms with Crippen LogP contribution < -0.4 is 5.32 Å². The molecule has 0 saturated carbocycles. The number of carbonyl (C=O) groups excluding carboxylic acids is 1. The molecule has 5 nitrogen and oxygen atoms in total.